The molecule has 0 aromatic heterocycles. The second-order valence-corrected chi connectivity index (χ2v) is 6.72. The minimum atomic E-state index is -0.429. The summed E-state index contributed by atoms with van der Waals surface area (Å²) in [5.41, 5.74) is 0.743. The molecule has 2 bridgehead atoms. The number of carbonyl (C=O) groups is 2. The van der Waals surface area contributed by atoms with E-state index in [0.717, 1.165) is 12.0 Å². The van der Waals surface area contributed by atoms with Gasteiger partial charge in [-0.05, 0) is 24.5 Å². The average molecular weight is 331 g/mol. The molecule has 4 rings (SSSR count). The zero-order valence-corrected chi connectivity index (χ0v) is 13.2. The first-order chi connectivity index (χ1) is 11.1. The lowest BCUT2D eigenvalue weighted by Gasteiger charge is -2.26. The number of hydrogen-bond donors (Lipinski definition) is 0. The van der Waals surface area contributed by atoms with E-state index in [1.165, 1.54) is 7.11 Å². The molecule has 3 fully saturated rings. The van der Waals surface area contributed by atoms with Gasteiger partial charge in [0.1, 0.15) is 6.10 Å². The Bertz CT molecular complexity index is 747. The highest BCUT2D eigenvalue weighted by atomic mass is 35.5. The summed E-state index contributed by atoms with van der Waals surface area (Å²) < 4.78 is 10.4. The normalized spacial score (nSPS) is 36.3. The van der Waals surface area contributed by atoms with Gasteiger partial charge in [-0.25, -0.2) is 0 Å². The van der Waals surface area contributed by atoms with Crippen molar-refractivity contribution in [3.63, 3.8) is 0 Å². The highest BCUT2D eigenvalue weighted by Gasteiger charge is 2.68. The standard InChI is InChI=1S/C18H15ClO4/c1-22-17(20)14-11-8-12-15(14)18(21)23-16(12)10(11)7-6-9-4-2-3-5-13(9)19/h2-5,10-12,14-16H,8H2,1H3/t10-,11+,12+,14?,15+,16+/m1/s1. The SMILES string of the molecule is COC(=O)C1[C@H]2C[C@@H]3[C@@H](OC(=O)[C@H]13)[C@@H]2C#Cc1ccccc1Cl. The Morgan fingerprint density at radius 2 is 2.13 bits per heavy atom. The molecule has 1 aromatic carbocycles. The summed E-state index contributed by atoms with van der Waals surface area (Å²) in [6.45, 7) is 0. The quantitative estimate of drug-likeness (QED) is 0.585. The van der Waals surface area contributed by atoms with Crippen molar-refractivity contribution in [3.8, 4) is 11.8 Å². The van der Waals surface area contributed by atoms with E-state index in [1.807, 2.05) is 18.2 Å². The monoisotopic (exact) mass is 330 g/mol. The maximum Gasteiger partial charge on any atom is 0.310 e. The Hall–Kier alpha value is -1.99. The second-order valence-electron chi connectivity index (χ2n) is 6.31. The third kappa shape index (κ3) is 2.07. The summed E-state index contributed by atoms with van der Waals surface area (Å²) >= 11 is 6.13. The van der Waals surface area contributed by atoms with Gasteiger partial charge in [-0.1, -0.05) is 35.6 Å². The maximum atomic E-state index is 12.1. The van der Waals surface area contributed by atoms with Crippen molar-refractivity contribution < 1.29 is 19.1 Å². The van der Waals surface area contributed by atoms with Crippen molar-refractivity contribution in [1.29, 1.82) is 0 Å². The molecular weight excluding hydrogens is 316 g/mol. The van der Waals surface area contributed by atoms with E-state index in [0.29, 0.717) is 5.02 Å². The lowest BCUT2D eigenvalue weighted by atomic mass is 9.74. The molecule has 2 aliphatic carbocycles. The van der Waals surface area contributed by atoms with E-state index >= 15 is 0 Å². The van der Waals surface area contributed by atoms with E-state index < -0.39 is 5.92 Å². The van der Waals surface area contributed by atoms with Gasteiger partial charge in [0, 0.05) is 11.5 Å². The van der Waals surface area contributed by atoms with Gasteiger partial charge in [0.25, 0.3) is 0 Å². The first-order valence-electron chi connectivity index (χ1n) is 7.66. The zero-order valence-electron chi connectivity index (χ0n) is 12.5. The van der Waals surface area contributed by atoms with Crippen LogP contribution < -0.4 is 0 Å². The smallest absolute Gasteiger partial charge is 0.310 e. The molecule has 0 N–H and O–H groups in total. The van der Waals surface area contributed by atoms with Crippen LogP contribution >= 0.6 is 11.6 Å². The number of ether oxygens (including phenoxy) is 2. The van der Waals surface area contributed by atoms with Crippen LogP contribution in [0.25, 0.3) is 0 Å². The third-order valence-corrected chi connectivity index (χ3v) is 5.67. The molecule has 3 aliphatic rings. The van der Waals surface area contributed by atoms with Gasteiger partial charge in [-0.3, -0.25) is 9.59 Å². The topological polar surface area (TPSA) is 52.6 Å². The van der Waals surface area contributed by atoms with Gasteiger partial charge in [0.2, 0.25) is 0 Å². The fourth-order valence-corrected chi connectivity index (χ4v) is 4.61. The molecule has 5 heteroatoms. The lowest BCUT2D eigenvalue weighted by Crippen LogP contribution is -2.37. The Morgan fingerprint density at radius 3 is 2.87 bits per heavy atom. The zero-order chi connectivity index (χ0) is 16.1. The van der Waals surface area contributed by atoms with Crippen molar-refractivity contribution in [3.05, 3.63) is 34.9 Å². The summed E-state index contributed by atoms with van der Waals surface area (Å²) in [5, 5.41) is 0.592. The molecule has 23 heavy (non-hydrogen) atoms. The molecular formula is C18H15ClO4. The van der Waals surface area contributed by atoms with Crippen molar-refractivity contribution in [2.75, 3.05) is 7.11 Å². The van der Waals surface area contributed by atoms with Crippen LogP contribution in [0.2, 0.25) is 5.02 Å². The number of carbonyl (C=O) groups excluding carboxylic acids is 2. The molecule has 1 heterocycles. The predicted octanol–water partition coefficient (Wildman–Crippen LogP) is 2.29. The Kier molecular flexibility index (Phi) is 3.35. The maximum absolute atomic E-state index is 12.1. The van der Waals surface area contributed by atoms with Crippen LogP contribution in [0.3, 0.4) is 0 Å². The number of halogens is 1. The molecule has 0 radical (unpaired) electrons. The van der Waals surface area contributed by atoms with Crippen LogP contribution in [-0.4, -0.2) is 25.2 Å². The molecule has 1 unspecified atom stereocenters. The van der Waals surface area contributed by atoms with Crippen LogP contribution in [-0.2, 0) is 19.1 Å². The van der Waals surface area contributed by atoms with E-state index in [-0.39, 0.29) is 41.7 Å². The van der Waals surface area contributed by atoms with Crippen LogP contribution in [0.15, 0.2) is 24.3 Å². The van der Waals surface area contributed by atoms with Gasteiger partial charge in [0.15, 0.2) is 0 Å². The highest BCUT2D eigenvalue weighted by Crippen LogP contribution is 2.60. The lowest BCUT2D eigenvalue weighted by molar-refractivity contribution is -0.153. The first kappa shape index (κ1) is 14.6. The average Bonchev–Trinajstić information content (AvgIpc) is 3.15. The summed E-state index contributed by atoms with van der Waals surface area (Å²) in [6.07, 6.45) is 0.594. The fraction of sp³-hybridized carbons (Fsp3) is 0.444. The summed E-state index contributed by atoms with van der Waals surface area (Å²) in [6, 6.07) is 7.36. The molecule has 1 aromatic rings. The molecule has 1 saturated heterocycles. The van der Waals surface area contributed by atoms with E-state index in [4.69, 9.17) is 21.1 Å². The van der Waals surface area contributed by atoms with E-state index in [1.54, 1.807) is 6.07 Å². The number of rotatable bonds is 1. The molecule has 0 amide bonds. The van der Waals surface area contributed by atoms with Crippen LogP contribution in [0, 0.1) is 41.4 Å². The molecule has 4 nitrogen and oxygen atoms in total. The van der Waals surface area contributed by atoms with Gasteiger partial charge < -0.3 is 9.47 Å². The van der Waals surface area contributed by atoms with Crippen LogP contribution in [0.5, 0.6) is 0 Å². The summed E-state index contributed by atoms with van der Waals surface area (Å²) in [4.78, 5) is 24.2. The minimum absolute atomic E-state index is 0.0175. The second kappa shape index (κ2) is 5.28. The van der Waals surface area contributed by atoms with Crippen molar-refractivity contribution >= 4 is 23.5 Å². The molecule has 2 saturated carbocycles. The Labute approximate surface area is 139 Å². The largest absolute Gasteiger partial charge is 0.469 e. The van der Waals surface area contributed by atoms with Crippen molar-refractivity contribution in [2.45, 2.75) is 12.5 Å². The number of methoxy groups -OCH3 is 1. The predicted molar refractivity (Wildman–Crippen MR) is 82.3 cm³/mol. The number of hydrogen-bond acceptors (Lipinski definition) is 4. The minimum Gasteiger partial charge on any atom is -0.469 e. The summed E-state index contributed by atoms with van der Waals surface area (Å²) in [5.74, 6) is 4.88. The highest BCUT2D eigenvalue weighted by molar-refractivity contribution is 6.31. The van der Waals surface area contributed by atoms with E-state index in [9.17, 15) is 9.59 Å². The van der Waals surface area contributed by atoms with Gasteiger partial charge in [0.05, 0.1) is 29.9 Å². The Balaban J connectivity index is 1.68. The van der Waals surface area contributed by atoms with E-state index in [2.05, 4.69) is 11.8 Å². The molecule has 6 atom stereocenters. The number of benzene rings is 1. The van der Waals surface area contributed by atoms with Gasteiger partial charge >= 0.3 is 11.9 Å². The van der Waals surface area contributed by atoms with Crippen LogP contribution in [0.1, 0.15) is 12.0 Å². The van der Waals surface area contributed by atoms with Gasteiger partial charge in [-0.2, -0.15) is 0 Å². The van der Waals surface area contributed by atoms with Gasteiger partial charge in [-0.15, -0.1) is 0 Å². The third-order valence-electron chi connectivity index (χ3n) is 5.34. The van der Waals surface area contributed by atoms with Crippen molar-refractivity contribution in [2.24, 2.45) is 29.6 Å². The summed E-state index contributed by atoms with van der Waals surface area (Å²) in [7, 11) is 1.36. The molecule has 1 aliphatic heterocycles. The first-order valence-corrected chi connectivity index (χ1v) is 8.04. The molecule has 0 spiro atoms. The number of esters is 2. The molecule has 118 valence electrons. The Morgan fingerprint density at radius 1 is 1.35 bits per heavy atom. The number of fused-ring (bicyclic) bond motifs is 1. The van der Waals surface area contributed by atoms with Crippen molar-refractivity contribution in [1.82, 2.24) is 0 Å². The van der Waals surface area contributed by atoms with Crippen LogP contribution in [0.4, 0.5) is 0 Å². The fourth-order valence-electron chi connectivity index (χ4n) is 4.42.